The Morgan fingerprint density at radius 3 is 2.77 bits per heavy atom. The summed E-state index contributed by atoms with van der Waals surface area (Å²) in [5, 5.41) is 8.93. The summed E-state index contributed by atoms with van der Waals surface area (Å²) in [5.41, 5.74) is 0. The van der Waals surface area contributed by atoms with Crippen LogP contribution in [0.5, 0.6) is 0 Å². The van der Waals surface area contributed by atoms with Gasteiger partial charge in [0.05, 0.1) is 12.4 Å². The third-order valence-electron chi connectivity index (χ3n) is 2.23. The van der Waals surface area contributed by atoms with Crippen LogP contribution in [0.1, 0.15) is 12.8 Å². The van der Waals surface area contributed by atoms with Gasteiger partial charge in [0.15, 0.2) is 0 Å². The molecular formula is C7H14ClNO3S. The van der Waals surface area contributed by atoms with Gasteiger partial charge in [-0.25, -0.2) is 8.42 Å². The predicted octanol–water partition coefficient (Wildman–Crippen LogP) is 0.0117. The molecule has 78 valence electrons. The highest BCUT2D eigenvalue weighted by Gasteiger charge is 2.32. The van der Waals surface area contributed by atoms with Crippen molar-refractivity contribution in [3.63, 3.8) is 0 Å². The van der Waals surface area contributed by atoms with Gasteiger partial charge < -0.3 is 5.11 Å². The molecule has 0 radical (unpaired) electrons. The summed E-state index contributed by atoms with van der Waals surface area (Å²) in [4.78, 5) is 0. The molecular weight excluding hydrogens is 214 g/mol. The van der Waals surface area contributed by atoms with Crippen LogP contribution >= 0.6 is 11.6 Å². The van der Waals surface area contributed by atoms with Crippen molar-refractivity contribution in [2.24, 2.45) is 0 Å². The van der Waals surface area contributed by atoms with Crippen molar-refractivity contribution in [2.45, 2.75) is 18.9 Å². The van der Waals surface area contributed by atoms with Gasteiger partial charge in [0.25, 0.3) is 0 Å². The second-order valence-corrected chi connectivity index (χ2v) is 5.51. The minimum atomic E-state index is -3.23. The molecule has 1 atom stereocenters. The zero-order chi connectivity index (χ0) is 9.90. The molecule has 13 heavy (non-hydrogen) atoms. The number of hydrogen-bond acceptors (Lipinski definition) is 3. The molecule has 4 nitrogen and oxygen atoms in total. The minimum Gasteiger partial charge on any atom is -0.395 e. The Labute approximate surface area is 83.5 Å². The van der Waals surface area contributed by atoms with Gasteiger partial charge in [-0.2, -0.15) is 4.31 Å². The molecule has 0 spiro atoms. The smallest absolute Gasteiger partial charge is 0.215 e. The summed E-state index contributed by atoms with van der Waals surface area (Å²) in [5.74, 6) is 0.0715. The van der Waals surface area contributed by atoms with Gasteiger partial charge in [0.2, 0.25) is 10.0 Å². The summed E-state index contributed by atoms with van der Waals surface area (Å²) in [6.45, 7) is 0.423. The Kier molecular flexibility index (Phi) is 3.97. The number of rotatable bonds is 4. The molecule has 1 fully saturated rings. The number of aliphatic hydroxyl groups excluding tert-OH is 1. The van der Waals surface area contributed by atoms with E-state index < -0.39 is 10.0 Å². The van der Waals surface area contributed by atoms with E-state index in [4.69, 9.17) is 16.7 Å². The fourth-order valence-electron chi connectivity index (χ4n) is 1.57. The average Bonchev–Trinajstić information content (AvgIpc) is 2.51. The van der Waals surface area contributed by atoms with E-state index in [1.807, 2.05) is 0 Å². The van der Waals surface area contributed by atoms with Crippen LogP contribution in [-0.2, 0) is 10.0 Å². The average molecular weight is 228 g/mol. The number of hydrogen-bond donors (Lipinski definition) is 1. The highest BCUT2D eigenvalue weighted by Crippen LogP contribution is 2.20. The number of halogens is 1. The minimum absolute atomic E-state index is 0.0367. The van der Waals surface area contributed by atoms with E-state index in [0.29, 0.717) is 6.54 Å². The Bertz CT molecular complexity index is 254. The van der Waals surface area contributed by atoms with Crippen LogP contribution in [0.15, 0.2) is 0 Å². The van der Waals surface area contributed by atoms with Crippen molar-refractivity contribution in [2.75, 3.05) is 24.8 Å². The third-order valence-corrected chi connectivity index (χ3v) is 4.55. The first kappa shape index (κ1) is 11.2. The molecule has 1 saturated heterocycles. The van der Waals surface area contributed by atoms with Gasteiger partial charge in [-0.05, 0) is 12.8 Å². The third kappa shape index (κ3) is 2.56. The quantitative estimate of drug-likeness (QED) is 0.689. The van der Waals surface area contributed by atoms with E-state index in [9.17, 15) is 8.42 Å². The van der Waals surface area contributed by atoms with Gasteiger partial charge in [-0.15, -0.1) is 11.6 Å². The zero-order valence-electron chi connectivity index (χ0n) is 7.32. The van der Waals surface area contributed by atoms with Crippen LogP contribution < -0.4 is 0 Å². The first-order valence-electron chi connectivity index (χ1n) is 4.28. The first-order valence-corrected chi connectivity index (χ1v) is 6.42. The van der Waals surface area contributed by atoms with Crippen LogP contribution in [0.2, 0.25) is 0 Å². The first-order chi connectivity index (χ1) is 6.11. The maximum atomic E-state index is 11.5. The van der Waals surface area contributed by atoms with Crippen molar-refractivity contribution < 1.29 is 13.5 Å². The van der Waals surface area contributed by atoms with Crippen LogP contribution in [0, 0.1) is 0 Å². The van der Waals surface area contributed by atoms with Crippen molar-refractivity contribution in [1.29, 1.82) is 0 Å². The number of sulfonamides is 1. The Morgan fingerprint density at radius 2 is 2.23 bits per heavy atom. The lowest BCUT2D eigenvalue weighted by molar-refractivity contribution is 0.213. The molecule has 0 amide bonds. The zero-order valence-corrected chi connectivity index (χ0v) is 8.89. The SMILES string of the molecule is O=S(=O)(CCCl)N1CCC[C@H]1CO. The summed E-state index contributed by atoms with van der Waals surface area (Å²) < 4.78 is 24.4. The van der Waals surface area contributed by atoms with Crippen molar-refractivity contribution in [1.82, 2.24) is 4.31 Å². The van der Waals surface area contributed by atoms with Crippen LogP contribution in [0.25, 0.3) is 0 Å². The summed E-state index contributed by atoms with van der Waals surface area (Å²) in [6, 6.07) is -0.229. The van der Waals surface area contributed by atoms with Gasteiger partial charge in [-0.3, -0.25) is 0 Å². The van der Waals surface area contributed by atoms with E-state index in [2.05, 4.69) is 0 Å². The molecule has 1 heterocycles. The molecule has 0 aliphatic carbocycles. The van der Waals surface area contributed by atoms with E-state index in [-0.39, 0.29) is 24.3 Å². The lowest BCUT2D eigenvalue weighted by Gasteiger charge is -2.21. The number of nitrogens with zero attached hydrogens (tertiary/aromatic N) is 1. The highest BCUT2D eigenvalue weighted by molar-refractivity contribution is 7.89. The van der Waals surface area contributed by atoms with E-state index in [1.54, 1.807) is 0 Å². The Balaban J connectivity index is 2.69. The molecule has 0 aromatic heterocycles. The molecule has 0 bridgehead atoms. The lowest BCUT2D eigenvalue weighted by Crippen LogP contribution is -2.39. The standard InChI is InChI=1S/C7H14ClNO3S/c8-3-5-13(11,12)9-4-1-2-7(9)6-10/h7,10H,1-6H2/t7-/m0/s1. The van der Waals surface area contributed by atoms with E-state index in [0.717, 1.165) is 12.8 Å². The number of aliphatic hydroxyl groups is 1. The second-order valence-electron chi connectivity index (χ2n) is 3.09. The fourth-order valence-corrected chi connectivity index (χ4v) is 3.62. The van der Waals surface area contributed by atoms with Gasteiger partial charge in [-0.1, -0.05) is 0 Å². The molecule has 1 aliphatic heterocycles. The molecule has 0 saturated carbocycles. The largest absolute Gasteiger partial charge is 0.395 e. The maximum Gasteiger partial charge on any atom is 0.215 e. The van der Waals surface area contributed by atoms with Gasteiger partial charge >= 0.3 is 0 Å². The van der Waals surface area contributed by atoms with Gasteiger partial charge in [0.1, 0.15) is 0 Å². The van der Waals surface area contributed by atoms with E-state index in [1.165, 1.54) is 4.31 Å². The summed E-state index contributed by atoms with van der Waals surface area (Å²) in [7, 11) is -3.23. The molecule has 6 heteroatoms. The number of alkyl halides is 1. The highest BCUT2D eigenvalue weighted by atomic mass is 35.5. The molecule has 1 rings (SSSR count). The molecule has 0 aromatic carbocycles. The predicted molar refractivity (Wildman–Crippen MR) is 51.3 cm³/mol. The monoisotopic (exact) mass is 227 g/mol. The van der Waals surface area contributed by atoms with Crippen molar-refractivity contribution in [3.8, 4) is 0 Å². The topological polar surface area (TPSA) is 57.6 Å². The summed E-state index contributed by atoms with van der Waals surface area (Å²) >= 11 is 5.39. The molecule has 0 aromatic rings. The van der Waals surface area contributed by atoms with Crippen molar-refractivity contribution >= 4 is 21.6 Å². The molecule has 1 aliphatic rings. The second kappa shape index (κ2) is 4.59. The van der Waals surface area contributed by atoms with Crippen LogP contribution in [0.4, 0.5) is 0 Å². The van der Waals surface area contributed by atoms with Gasteiger partial charge in [0, 0.05) is 18.5 Å². The van der Waals surface area contributed by atoms with Crippen LogP contribution in [-0.4, -0.2) is 48.7 Å². The van der Waals surface area contributed by atoms with E-state index >= 15 is 0 Å². The Morgan fingerprint density at radius 1 is 1.54 bits per heavy atom. The molecule has 0 unspecified atom stereocenters. The van der Waals surface area contributed by atoms with Crippen molar-refractivity contribution in [3.05, 3.63) is 0 Å². The van der Waals surface area contributed by atoms with Crippen LogP contribution in [0.3, 0.4) is 0 Å². The maximum absolute atomic E-state index is 11.5. The lowest BCUT2D eigenvalue weighted by atomic mass is 10.2. The molecule has 1 N–H and O–H groups in total. The normalized spacial score (nSPS) is 25.2. The fraction of sp³-hybridized carbons (Fsp3) is 1.00. The Hall–Kier alpha value is 0.160. The summed E-state index contributed by atoms with van der Waals surface area (Å²) in [6.07, 6.45) is 1.57.